The standard InChI is InChI=1S/C19H22N2O3S/c1-15-6-2-5-9-18(15)20-19(22)11-13-25(23,24)21-12-10-16-7-3-4-8-17(16)14-21/h2-9H,10-14H2,1H3,(H,20,22). The quantitative estimate of drug-likeness (QED) is 0.894. The number of rotatable bonds is 5. The summed E-state index contributed by atoms with van der Waals surface area (Å²) in [7, 11) is -3.45. The van der Waals surface area contributed by atoms with Crippen LogP contribution >= 0.6 is 0 Å². The number of hydrogen-bond donors (Lipinski definition) is 1. The minimum Gasteiger partial charge on any atom is -0.326 e. The summed E-state index contributed by atoms with van der Waals surface area (Å²) < 4.78 is 26.6. The molecule has 0 unspecified atom stereocenters. The van der Waals surface area contributed by atoms with Gasteiger partial charge in [0, 0.05) is 25.2 Å². The summed E-state index contributed by atoms with van der Waals surface area (Å²) in [4.78, 5) is 12.1. The summed E-state index contributed by atoms with van der Waals surface area (Å²) >= 11 is 0. The first-order valence-corrected chi connectivity index (χ1v) is 9.97. The molecule has 1 amide bonds. The van der Waals surface area contributed by atoms with Gasteiger partial charge in [0.05, 0.1) is 5.75 Å². The summed E-state index contributed by atoms with van der Waals surface area (Å²) in [6.45, 7) is 2.76. The fourth-order valence-corrected chi connectivity index (χ4v) is 4.39. The molecule has 0 aliphatic carbocycles. The van der Waals surface area contributed by atoms with Gasteiger partial charge in [0.15, 0.2) is 0 Å². The molecule has 3 rings (SSSR count). The van der Waals surface area contributed by atoms with Crippen molar-refractivity contribution < 1.29 is 13.2 Å². The van der Waals surface area contributed by atoms with Crippen molar-refractivity contribution in [2.45, 2.75) is 26.3 Å². The van der Waals surface area contributed by atoms with Gasteiger partial charge in [0.2, 0.25) is 15.9 Å². The zero-order valence-electron chi connectivity index (χ0n) is 14.2. The lowest BCUT2D eigenvalue weighted by Crippen LogP contribution is -2.38. The smallest absolute Gasteiger partial charge is 0.225 e. The van der Waals surface area contributed by atoms with Crippen LogP contribution in [0.3, 0.4) is 0 Å². The Morgan fingerprint density at radius 2 is 1.76 bits per heavy atom. The molecule has 5 nitrogen and oxygen atoms in total. The lowest BCUT2D eigenvalue weighted by molar-refractivity contribution is -0.115. The van der Waals surface area contributed by atoms with Crippen LogP contribution in [-0.2, 0) is 27.8 Å². The molecule has 0 spiro atoms. The molecule has 2 aromatic carbocycles. The number of carbonyl (C=O) groups is 1. The SMILES string of the molecule is Cc1ccccc1NC(=O)CCS(=O)(=O)N1CCc2ccccc2C1. The highest BCUT2D eigenvalue weighted by molar-refractivity contribution is 7.89. The van der Waals surface area contributed by atoms with Gasteiger partial charge < -0.3 is 5.32 Å². The van der Waals surface area contributed by atoms with Crippen LogP contribution in [0, 0.1) is 6.92 Å². The highest BCUT2D eigenvalue weighted by Gasteiger charge is 2.26. The third-order valence-electron chi connectivity index (χ3n) is 4.50. The first-order chi connectivity index (χ1) is 12.0. The predicted octanol–water partition coefficient (Wildman–Crippen LogP) is 2.71. The van der Waals surface area contributed by atoms with E-state index >= 15 is 0 Å². The first kappa shape index (κ1) is 17.6. The van der Waals surface area contributed by atoms with Gasteiger partial charge in [-0.15, -0.1) is 0 Å². The van der Waals surface area contributed by atoms with E-state index in [9.17, 15) is 13.2 Å². The largest absolute Gasteiger partial charge is 0.326 e. The predicted molar refractivity (Wildman–Crippen MR) is 98.8 cm³/mol. The maximum absolute atomic E-state index is 12.6. The van der Waals surface area contributed by atoms with E-state index in [0.29, 0.717) is 19.5 Å². The van der Waals surface area contributed by atoms with E-state index < -0.39 is 10.0 Å². The normalized spacial score (nSPS) is 14.8. The number of nitrogens with zero attached hydrogens (tertiary/aromatic N) is 1. The fourth-order valence-electron chi connectivity index (χ4n) is 2.98. The van der Waals surface area contributed by atoms with Gasteiger partial charge in [-0.05, 0) is 36.1 Å². The van der Waals surface area contributed by atoms with Gasteiger partial charge in [-0.1, -0.05) is 42.5 Å². The van der Waals surface area contributed by atoms with Crippen molar-refractivity contribution in [3.8, 4) is 0 Å². The zero-order valence-corrected chi connectivity index (χ0v) is 15.1. The number of amides is 1. The highest BCUT2D eigenvalue weighted by atomic mass is 32.2. The summed E-state index contributed by atoms with van der Waals surface area (Å²) in [6.07, 6.45) is 0.666. The number of sulfonamides is 1. The van der Waals surface area contributed by atoms with E-state index in [1.54, 1.807) is 0 Å². The van der Waals surface area contributed by atoms with Crippen molar-refractivity contribution >= 4 is 21.6 Å². The Morgan fingerprint density at radius 1 is 1.08 bits per heavy atom. The highest BCUT2D eigenvalue weighted by Crippen LogP contribution is 2.21. The average Bonchev–Trinajstić information content (AvgIpc) is 2.62. The molecule has 0 atom stereocenters. The molecule has 0 fully saturated rings. The van der Waals surface area contributed by atoms with Gasteiger partial charge in [0.25, 0.3) is 0 Å². The first-order valence-electron chi connectivity index (χ1n) is 8.36. The van der Waals surface area contributed by atoms with E-state index in [4.69, 9.17) is 0 Å². The number of carbonyl (C=O) groups excluding carboxylic acids is 1. The molecule has 1 aliphatic heterocycles. The van der Waals surface area contributed by atoms with E-state index in [1.165, 1.54) is 9.87 Å². The van der Waals surface area contributed by atoms with Crippen molar-refractivity contribution in [2.75, 3.05) is 17.6 Å². The van der Waals surface area contributed by atoms with Crippen molar-refractivity contribution in [3.05, 3.63) is 65.2 Å². The van der Waals surface area contributed by atoms with E-state index in [-0.39, 0.29) is 18.1 Å². The average molecular weight is 358 g/mol. The molecule has 132 valence electrons. The number of anilines is 1. The molecule has 1 heterocycles. The van der Waals surface area contributed by atoms with Crippen LogP contribution in [0.4, 0.5) is 5.69 Å². The van der Waals surface area contributed by atoms with Crippen LogP contribution < -0.4 is 5.32 Å². The molecule has 1 N–H and O–H groups in total. The Balaban J connectivity index is 1.59. The molecule has 0 radical (unpaired) electrons. The molecule has 0 saturated carbocycles. The Labute approximate surface area is 148 Å². The minimum atomic E-state index is -3.45. The second-order valence-corrected chi connectivity index (χ2v) is 8.37. The van der Waals surface area contributed by atoms with Crippen LogP contribution in [0.1, 0.15) is 23.1 Å². The maximum atomic E-state index is 12.6. The van der Waals surface area contributed by atoms with E-state index in [2.05, 4.69) is 5.32 Å². The van der Waals surface area contributed by atoms with Crippen molar-refractivity contribution in [1.29, 1.82) is 0 Å². The van der Waals surface area contributed by atoms with Crippen LogP contribution in [0.15, 0.2) is 48.5 Å². The van der Waals surface area contributed by atoms with Crippen LogP contribution in [-0.4, -0.2) is 30.9 Å². The van der Waals surface area contributed by atoms with Gasteiger partial charge in [-0.25, -0.2) is 8.42 Å². The minimum absolute atomic E-state index is 0.0468. The monoisotopic (exact) mass is 358 g/mol. The summed E-state index contributed by atoms with van der Waals surface area (Å²) in [5, 5.41) is 2.78. The number of hydrogen-bond acceptors (Lipinski definition) is 3. The molecule has 25 heavy (non-hydrogen) atoms. The van der Waals surface area contributed by atoms with Crippen molar-refractivity contribution in [3.63, 3.8) is 0 Å². The number of para-hydroxylation sites is 1. The van der Waals surface area contributed by atoms with E-state index in [0.717, 1.165) is 16.8 Å². The summed E-state index contributed by atoms with van der Waals surface area (Å²) in [6, 6.07) is 15.3. The summed E-state index contributed by atoms with van der Waals surface area (Å²) in [5.41, 5.74) is 3.91. The van der Waals surface area contributed by atoms with Crippen LogP contribution in [0.2, 0.25) is 0 Å². The Morgan fingerprint density at radius 3 is 2.52 bits per heavy atom. The van der Waals surface area contributed by atoms with Gasteiger partial charge in [0.1, 0.15) is 0 Å². The number of fused-ring (bicyclic) bond motifs is 1. The molecule has 2 aromatic rings. The second-order valence-electron chi connectivity index (χ2n) is 6.28. The molecule has 6 heteroatoms. The maximum Gasteiger partial charge on any atom is 0.225 e. The number of nitrogens with one attached hydrogen (secondary N) is 1. The lowest BCUT2D eigenvalue weighted by atomic mass is 10.0. The topological polar surface area (TPSA) is 66.5 Å². The zero-order chi connectivity index (χ0) is 17.9. The molecular weight excluding hydrogens is 336 g/mol. The van der Waals surface area contributed by atoms with Gasteiger partial charge in [-0.3, -0.25) is 4.79 Å². The Kier molecular flexibility index (Phi) is 5.20. The Hall–Kier alpha value is -2.18. The molecule has 0 saturated heterocycles. The molecule has 0 aromatic heterocycles. The van der Waals surface area contributed by atoms with Crippen LogP contribution in [0.25, 0.3) is 0 Å². The Bertz CT molecular complexity index is 878. The molecule has 0 bridgehead atoms. The fraction of sp³-hybridized carbons (Fsp3) is 0.316. The molecular formula is C19H22N2O3S. The van der Waals surface area contributed by atoms with Crippen molar-refractivity contribution in [2.24, 2.45) is 0 Å². The van der Waals surface area contributed by atoms with Gasteiger partial charge in [-0.2, -0.15) is 4.31 Å². The van der Waals surface area contributed by atoms with Gasteiger partial charge >= 0.3 is 0 Å². The van der Waals surface area contributed by atoms with Crippen LogP contribution in [0.5, 0.6) is 0 Å². The second kappa shape index (κ2) is 7.37. The van der Waals surface area contributed by atoms with Crippen molar-refractivity contribution in [1.82, 2.24) is 4.31 Å². The number of benzene rings is 2. The third-order valence-corrected chi connectivity index (χ3v) is 6.31. The lowest BCUT2D eigenvalue weighted by Gasteiger charge is -2.28. The number of aryl methyl sites for hydroxylation is 1. The summed E-state index contributed by atoms with van der Waals surface area (Å²) in [5.74, 6) is -0.456. The molecule has 1 aliphatic rings. The third kappa shape index (κ3) is 4.27. The van der Waals surface area contributed by atoms with E-state index in [1.807, 2.05) is 55.5 Å².